The van der Waals surface area contributed by atoms with Crippen molar-refractivity contribution in [3.8, 4) is 11.5 Å². The summed E-state index contributed by atoms with van der Waals surface area (Å²) in [6.07, 6.45) is -3.65. The molecule has 0 spiro atoms. The number of piperidine rings is 1. The monoisotopic (exact) mass is 479 g/mol. The number of imide groups is 1. The summed E-state index contributed by atoms with van der Waals surface area (Å²) >= 11 is 0. The SMILES string of the molecule is O=C1CCC(N2Cc3c(NS(=O)(=O)c4ccc5c(c4)OC(F)(F)O5)cccc3C2=O)C(=O)N1. The van der Waals surface area contributed by atoms with Crippen molar-refractivity contribution in [2.45, 2.75) is 36.6 Å². The lowest BCUT2D eigenvalue weighted by atomic mass is 10.0. The van der Waals surface area contributed by atoms with E-state index in [2.05, 4.69) is 19.5 Å². The zero-order chi connectivity index (χ0) is 23.5. The van der Waals surface area contributed by atoms with Gasteiger partial charge in [-0.05, 0) is 30.7 Å². The Bertz CT molecular complexity index is 1330. The predicted molar refractivity (Wildman–Crippen MR) is 106 cm³/mol. The zero-order valence-corrected chi connectivity index (χ0v) is 17.4. The average molecular weight is 479 g/mol. The highest BCUT2D eigenvalue weighted by atomic mass is 32.2. The molecular formula is C20H15F2N3O7S. The van der Waals surface area contributed by atoms with E-state index >= 15 is 0 Å². The summed E-state index contributed by atoms with van der Waals surface area (Å²) in [5, 5.41) is 2.20. The Morgan fingerprint density at radius 2 is 1.85 bits per heavy atom. The van der Waals surface area contributed by atoms with E-state index in [0.29, 0.717) is 5.56 Å². The number of benzene rings is 2. The fourth-order valence-corrected chi connectivity index (χ4v) is 5.09. The van der Waals surface area contributed by atoms with Gasteiger partial charge in [0, 0.05) is 30.2 Å². The number of fused-ring (bicyclic) bond motifs is 2. The van der Waals surface area contributed by atoms with E-state index in [9.17, 15) is 31.6 Å². The number of rotatable bonds is 4. The van der Waals surface area contributed by atoms with E-state index in [0.717, 1.165) is 18.2 Å². The number of amides is 3. The Hall–Kier alpha value is -3.74. The molecule has 3 aliphatic rings. The highest BCUT2D eigenvalue weighted by Gasteiger charge is 2.44. The number of hydrogen-bond acceptors (Lipinski definition) is 7. The van der Waals surface area contributed by atoms with Crippen LogP contribution in [-0.2, 0) is 26.2 Å². The molecular weight excluding hydrogens is 464 g/mol. The first-order valence-corrected chi connectivity index (χ1v) is 11.2. The number of carbonyl (C=O) groups is 3. The Balaban J connectivity index is 1.42. The lowest BCUT2D eigenvalue weighted by Gasteiger charge is -2.29. The summed E-state index contributed by atoms with van der Waals surface area (Å²) in [5.74, 6) is -2.21. The van der Waals surface area contributed by atoms with Gasteiger partial charge < -0.3 is 14.4 Å². The minimum Gasteiger partial charge on any atom is -0.395 e. The highest BCUT2D eigenvalue weighted by Crippen LogP contribution is 2.42. The molecule has 0 aromatic heterocycles. The molecule has 3 aliphatic heterocycles. The van der Waals surface area contributed by atoms with Crippen LogP contribution in [0.3, 0.4) is 0 Å². The van der Waals surface area contributed by atoms with Gasteiger partial charge in [-0.25, -0.2) is 8.42 Å². The predicted octanol–water partition coefficient (Wildman–Crippen LogP) is 1.57. The van der Waals surface area contributed by atoms with Crippen LogP contribution in [0.5, 0.6) is 11.5 Å². The molecule has 0 radical (unpaired) electrons. The van der Waals surface area contributed by atoms with Gasteiger partial charge in [-0.15, -0.1) is 8.78 Å². The zero-order valence-electron chi connectivity index (χ0n) is 16.6. The highest BCUT2D eigenvalue weighted by molar-refractivity contribution is 7.92. The smallest absolute Gasteiger partial charge is 0.395 e. The number of alkyl halides is 2. The standard InChI is InChI=1S/C20H15F2N3O7S/c21-20(22)31-15-6-4-10(8-16(15)32-20)33(29,30)24-13-3-1-2-11-12(13)9-25(19(11)28)14-5-7-17(26)23-18(14)27/h1-4,6,8,14,24H,5,7,9H2,(H,23,26,27). The number of sulfonamides is 1. The molecule has 3 heterocycles. The molecule has 1 saturated heterocycles. The summed E-state index contributed by atoms with van der Waals surface area (Å²) < 4.78 is 63.3. The van der Waals surface area contributed by atoms with Crippen molar-refractivity contribution in [3.63, 3.8) is 0 Å². The first kappa shape index (κ1) is 21.1. The average Bonchev–Trinajstić information content (AvgIpc) is 3.23. The first-order valence-electron chi connectivity index (χ1n) is 9.73. The van der Waals surface area contributed by atoms with E-state index in [-0.39, 0.29) is 41.3 Å². The Labute approximate surface area is 185 Å². The molecule has 0 saturated carbocycles. The number of hydrogen-bond donors (Lipinski definition) is 2. The van der Waals surface area contributed by atoms with Gasteiger partial charge in [0.1, 0.15) is 6.04 Å². The Morgan fingerprint density at radius 3 is 2.61 bits per heavy atom. The van der Waals surface area contributed by atoms with Crippen molar-refractivity contribution >= 4 is 33.4 Å². The summed E-state index contributed by atoms with van der Waals surface area (Å²) in [6.45, 7) is -0.0491. The van der Waals surface area contributed by atoms with Crippen LogP contribution in [0.25, 0.3) is 0 Å². The van der Waals surface area contributed by atoms with E-state index in [1.807, 2.05) is 0 Å². The van der Waals surface area contributed by atoms with Crippen LogP contribution in [0.2, 0.25) is 0 Å². The summed E-state index contributed by atoms with van der Waals surface area (Å²) in [4.78, 5) is 37.4. The van der Waals surface area contributed by atoms with Gasteiger partial charge in [0.05, 0.1) is 10.6 Å². The van der Waals surface area contributed by atoms with Crippen LogP contribution in [0.1, 0.15) is 28.8 Å². The molecule has 2 N–H and O–H groups in total. The van der Waals surface area contributed by atoms with Crippen LogP contribution in [0.15, 0.2) is 41.3 Å². The number of ether oxygens (including phenoxy) is 2. The van der Waals surface area contributed by atoms with Crippen LogP contribution in [0.4, 0.5) is 14.5 Å². The van der Waals surface area contributed by atoms with Crippen molar-refractivity contribution in [2.24, 2.45) is 0 Å². The van der Waals surface area contributed by atoms with Gasteiger partial charge >= 0.3 is 6.29 Å². The topological polar surface area (TPSA) is 131 Å². The van der Waals surface area contributed by atoms with Crippen LogP contribution < -0.4 is 19.5 Å². The summed E-state index contributed by atoms with van der Waals surface area (Å²) in [5.41, 5.74) is 0.659. The minimum atomic E-state index is -4.26. The molecule has 5 rings (SSSR count). The van der Waals surface area contributed by atoms with E-state index in [1.165, 1.54) is 23.1 Å². The maximum atomic E-state index is 13.2. The third kappa shape index (κ3) is 3.63. The lowest BCUT2D eigenvalue weighted by Crippen LogP contribution is -2.52. The fourth-order valence-electron chi connectivity index (χ4n) is 3.98. The molecule has 1 unspecified atom stereocenters. The van der Waals surface area contributed by atoms with Crippen molar-refractivity contribution < 1.29 is 41.1 Å². The van der Waals surface area contributed by atoms with Gasteiger partial charge in [-0.2, -0.15) is 0 Å². The van der Waals surface area contributed by atoms with E-state index in [1.54, 1.807) is 0 Å². The number of carbonyl (C=O) groups excluding carboxylic acids is 3. The van der Waals surface area contributed by atoms with Crippen molar-refractivity contribution in [1.82, 2.24) is 10.2 Å². The van der Waals surface area contributed by atoms with Crippen molar-refractivity contribution in [2.75, 3.05) is 4.72 Å². The van der Waals surface area contributed by atoms with Crippen LogP contribution in [-0.4, -0.2) is 43.4 Å². The number of nitrogens with zero attached hydrogens (tertiary/aromatic N) is 1. The molecule has 13 heteroatoms. The van der Waals surface area contributed by atoms with Gasteiger partial charge in [-0.1, -0.05) is 6.07 Å². The van der Waals surface area contributed by atoms with E-state index in [4.69, 9.17) is 0 Å². The maximum Gasteiger partial charge on any atom is 0.586 e. The number of nitrogens with one attached hydrogen (secondary N) is 2. The second kappa shape index (κ2) is 7.13. The maximum absolute atomic E-state index is 13.2. The van der Waals surface area contributed by atoms with Gasteiger partial charge in [0.25, 0.3) is 15.9 Å². The van der Waals surface area contributed by atoms with Gasteiger partial charge in [-0.3, -0.25) is 24.4 Å². The molecule has 33 heavy (non-hydrogen) atoms. The quantitative estimate of drug-likeness (QED) is 0.637. The van der Waals surface area contributed by atoms with Crippen LogP contribution >= 0.6 is 0 Å². The number of anilines is 1. The minimum absolute atomic E-state index is 0.0491. The van der Waals surface area contributed by atoms with Crippen molar-refractivity contribution in [3.05, 3.63) is 47.5 Å². The third-order valence-corrected chi connectivity index (χ3v) is 6.87. The Kier molecular flexibility index (Phi) is 4.57. The molecule has 0 aliphatic carbocycles. The summed E-state index contributed by atoms with van der Waals surface area (Å²) in [6, 6.07) is 6.60. The molecule has 172 valence electrons. The van der Waals surface area contributed by atoms with E-state index < -0.39 is 45.8 Å². The first-order chi connectivity index (χ1) is 15.5. The van der Waals surface area contributed by atoms with Crippen LogP contribution in [0, 0.1) is 0 Å². The lowest BCUT2D eigenvalue weighted by molar-refractivity contribution is -0.286. The summed E-state index contributed by atoms with van der Waals surface area (Å²) in [7, 11) is -4.26. The van der Waals surface area contributed by atoms with Gasteiger partial charge in [0.2, 0.25) is 11.8 Å². The second-order valence-corrected chi connectivity index (χ2v) is 9.30. The molecule has 10 nitrogen and oxygen atoms in total. The van der Waals surface area contributed by atoms with Gasteiger partial charge in [0.15, 0.2) is 11.5 Å². The molecule has 1 atom stereocenters. The Morgan fingerprint density at radius 1 is 1.09 bits per heavy atom. The normalized spacial score (nSPS) is 21.1. The molecule has 2 aromatic carbocycles. The number of halogens is 2. The largest absolute Gasteiger partial charge is 0.586 e. The molecule has 0 bridgehead atoms. The fraction of sp³-hybridized carbons (Fsp3) is 0.250. The molecule has 3 amide bonds. The molecule has 2 aromatic rings. The second-order valence-electron chi connectivity index (χ2n) is 7.61. The molecule has 1 fully saturated rings. The third-order valence-electron chi connectivity index (χ3n) is 5.51. The van der Waals surface area contributed by atoms with Crippen molar-refractivity contribution in [1.29, 1.82) is 0 Å².